The molecule has 0 aromatic heterocycles. The molecule has 0 aliphatic rings. The first-order valence-electron chi connectivity index (χ1n) is 0.651. The van der Waals surface area contributed by atoms with Crippen LogP contribution in [0.4, 0.5) is 4.79 Å². The molecule has 6 heavy (non-hydrogen) atoms. The largest absolute Gasteiger partial charge is 0 e. The molecule has 3 nitrogen and oxygen atoms in total. The molecule has 0 bridgehead atoms. The fourth-order valence-corrected chi connectivity index (χ4v) is 0. The van der Waals surface area contributed by atoms with E-state index >= 15 is 0 Å². The maximum Gasteiger partial charge on any atom is 0 e. The second kappa shape index (κ2) is 9.37. The third-order valence-electron chi connectivity index (χ3n) is 0. The van der Waals surface area contributed by atoms with Crippen LogP contribution in [0, 0.1) is 0 Å². The van der Waals surface area contributed by atoms with Crippen LogP contribution in [-0.2, 0) is 21.7 Å². The zero-order chi connectivity index (χ0) is 3.58. The first-order valence-corrected chi connectivity index (χ1v) is 0.651. The summed E-state index contributed by atoms with van der Waals surface area (Å²) in [5.74, 6) is 0. The Balaban J connectivity index is -0.0000000450. The van der Waals surface area contributed by atoms with Crippen molar-refractivity contribution >= 4 is 35.7 Å². The summed E-state index contributed by atoms with van der Waals surface area (Å²) in [5, 5.41) is 13.9. The summed E-state index contributed by atoms with van der Waals surface area (Å²) in [6.07, 6.45) is -1.83. The molecule has 0 saturated heterocycles. The van der Waals surface area contributed by atoms with Gasteiger partial charge in [-0.05, 0) is 0 Å². The third kappa shape index (κ3) is 81.7. The fraction of sp³-hybridized carbons (Fsp3) is 0. The Labute approximate surface area is 71.9 Å². The molecule has 0 aliphatic heterocycles. The van der Waals surface area contributed by atoms with Crippen molar-refractivity contribution in [1.29, 1.82) is 0 Å². The molecule has 0 spiro atoms. The summed E-state index contributed by atoms with van der Waals surface area (Å²) in [6.45, 7) is 0. The van der Waals surface area contributed by atoms with Gasteiger partial charge in [-0.2, -0.15) is 0 Å². The Morgan fingerprint density at radius 2 is 1.33 bits per heavy atom. The monoisotopic (exact) mass is 134 g/mol. The topological polar surface area (TPSA) is 57.5 Å². The first-order chi connectivity index (χ1) is 1.73. The maximum atomic E-state index is 8.56. The Kier molecular flexibility index (Phi) is 24.6. The van der Waals surface area contributed by atoms with Gasteiger partial charge in [0, 0.05) is 21.7 Å². The smallest absolute Gasteiger partial charge is 0 e. The summed E-state index contributed by atoms with van der Waals surface area (Å²) in [5.41, 5.74) is 0. The van der Waals surface area contributed by atoms with Crippen LogP contribution < -0.4 is 0 Å². The summed E-state index contributed by atoms with van der Waals surface area (Å²) >= 11 is 0. The van der Waals surface area contributed by atoms with E-state index < -0.39 is 6.16 Å². The molecular formula is CH3NaO3Ti. The first kappa shape index (κ1) is 15.8. The van der Waals surface area contributed by atoms with Gasteiger partial charge < -0.3 is 10.2 Å². The van der Waals surface area contributed by atoms with Crippen LogP contribution in [-0.4, -0.2) is 45.9 Å². The van der Waals surface area contributed by atoms with E-state index in [4.69, 9.17) is 15.0 Å². The molecule has 0 amide bonds. The molecule has 0 aliphatic carbocycles. The Morgan fingerprint density at radius 1 is 1.33 bits per heavy atom. The molecule has 0 unspecified atom stereocenters. The zero-order valence-electron chi connectivity index (χ0n) is 2.30. The summed E-state index contributed by atoms with van der Waals surface area (Å²) in [4.78, 5) is 8.56. The van der Waals surface area contributed by atoms with Crippen molar-refractivity contribution in [2.24, 2.45) is 0 Å². The van der Waals surface area contributed by atoms with Gasteiger partial charge in [-0.15, -0.1) is 0 Å². The van der Waals surface area contributed by atoms with Crippen LogP contribution >= 0.6 is 0 Å². The van der Waals surface area contributed by atoms with E-state index in [9.17, 15) is 0 Å². The molecule has 5 heteroatoms. The number of carbonyl (C=O) groups is 1. The van der Waals surface area contributed by atoms with Gasteiger partial charge in [0.15, 0.2) is 0 Å². The number of rotatable bonds is 0. The van der Waals surface area contributed by atoms with Crippen molar-refractivity contribution in [3.05, 3.63) is 0 Å². The van der Waals surface area contributed by atoms with E-state index in [2.05, 4.69) is 0 Å². The fourth-order valence-electron chi connectivity index (χ4n) is 0. The predicted octanol–water partition coefficient (Wildman–Crippen LogP) is -0.429. The average Bonchev–Trinajstić information content (AvgIpc) is 0.811. The van der Waals surface area contributed by atoms with Gasteiger partial charge in [0.05, 0.1) is 0 Å². The minimum absolute atomic E-state index is 0. The number of hydrogen-bond donors (Lipinski definition) is 2. The third-order valence-corrected chi connectivity index (χ3v) is 0. The Bertz CT molecular complexity index is 33.8. The molecule has 0 heterocycles. The van der Waals surface area contributed by atoms with Gasteiger partial charge in [0.25, 0.3) is 0 Å². The Morgan fingerprint density at radius 3 is 1.33 bits per heavy atom. The van der Waals surface area contributed by atoms with E-state index in [1.165, 1.54) is 0 Å². The molecule has 0 aromatic carbocycles. The van der Waals surface area contributed by atoms with E-state index in [-0.39, 0.29) is 51.3 Å². The zero-order valence-corrected chi connectivity index (χ0v) is 3.86. The molecule has 0 fully saturated rings. The standard InChI is InChI=1S/CH2O3.Na.Ti.H/c2-1(3)4;;;/h(H2,2,3,4);;;. The minimum atomic E-state index is -1.83. The second-order valence-corrected chi connectivity index (χ2v) is 0.283. The molecule has 30 valence electrons. The van der Waals surface area contributed by atoms with Crippen LogP contribution in [0.3, 0.4) is 0 Å². The van der Waals surface area contributed by atoms with E-state index in [1.54, 1.807) is 0 Å². The van der Waals surface area contributed by atoms with Crippen LogP contribution in [0.1, 0.15) is 0 Å². The van der Waals surface area contributed by atoms with E-state index in [0.29, 0.717) is 0 Å². The normalized spacial score (nSPS) is 4.00. The van der Waals surface area contributed by atoms with Crippen molar-refractivity contribution in [3.8, 4) is 0 Å². The van der Waals surface area contributed by atoms with Gasteiger partial charge >= 0.3 is 35.7 Å². The van der Waals surface area contributed by atoms with E-state index in [1.807, 2.05) is 0 Å². The summed E-state index contributed by atoms with van der Waals surface area (Å²) in [6, 6.07) is 0. The van der Waals surface area contributed by atoms with E-state index in [0.717, 1.165) is 0 Å². The van der Waals surface area contributed by atoms with Gasteiger partial charge in [-0.3, -0.25) is 0 Å². The molecular weight excluding hydrogens is 131 g/mol. The van der Waals surface area contributed by atoms with Crippen LogP contribution in [0.2, 0.25) is 0 Å². The van der Waals surface area contributed by atoms with Crippen molar-refractivity contribution in [1.82, 2.24) is 0 Å². The van der Waals surface area contributed by atoms with Crippen LogP contribution in [0.5, 0.6) is 0 Å². The number of hydrogen-bond acceptors (Lipinski definition) is 1. The number of carboxylic acid groups (broad SMARTS) is 2. The quantitative estimate of drug-likeness (QED) is 0.442. The molecule has 2 N–H and O–H groups in total. The molecule has 0 radical (unpaired) electrons. The van der Waals surface area contributed by atoms with Crippen molar-refractivity contribution < 1.29 is 36.7 Å². The van der Waals surface area contributed by atoms with Crippen molar-refractivity contribution in [3.63, 3.8) is 0 Å². The molecule has 0 atom stereocenters. The van der Waals surface area contributed by atoms with Crippen molar-refractivity contribution in [2.45, 2.75) is 0 Å². The maximum absolute atomic E-state index is 8.56. The molecule has 0 saturated carbocycles. The van der Waals surface area contributed by atoms with Gasteiger partial charge in [0.2, 0.25) is 0 Å². The Hall–Kier alpha value is 0.984. The van der Waals surface area contributed by atoms with Gasteiger partial charge in [0.1, 0.15) is 0 Å². The summed E-state index contributed by atoms with van der Waals surface area (Å²) in [7, 11) is 0. The predicted molar refractivity (Wildman–Crippen MR) is 17.8 cm³/mol. The summed E-state index contributed by atoms with van der Waals surface area (Å²) < 4.78 is 0. The minimum Gasteiger partial charge on any atom is 0 e. The SMILES string of the molecule is O=C(O)O.[NaH].[Ti]. The van der Waals surface area contributed by atoms with Gasteiger partial charge in [-0.1, -0.05) is 0 Å². The van der Waals surface area contributed by atoms with Crippen molar-refractivity contribution in [2.75, 3.05) is 0 Å². The van der Waals surface area contributed by atoms with Crippen LogP contribution in [0.25, 0.3) is 0 Å². The van der Waals surface area contributed by atoms with Gasteiger partial charge in [-0.25, -0.2) is 4.79 Å². The molecule has 0 aromatic rings. The average molecular weight is 134 g/mol. The molecule has 0 rings (SSSR count). The second-order valence-electron chi connectivity index (χ2n) is 0.283. The van der Waals surface area contributed by atoms with Crippen LogP contribution in [0.15, 0.2) is 0 Å².